The van der Waals surface area contributed by atoms with Crippen molar-refractivity contribution in [3.8, 4) is 6.07 Å². The number of thiophene rings is 1. The predicted octanol–water partition coefficient (Wildman–Crippen LogP) is 3.73. The smallest absolute Gasteiger partial charge is 0.143 e. The van der Waals surface area contributed by atoms with Crippen LogP contribution >= 0.6 is 11.3 Å². The number of anilines is 1. The van der Waals surface area contributed by atoms with Crippen LogP contribution in [-0.4, -0.2) is 19.2 Å². The molecule has 21 heavy (non-hydrogen) atoms. The Hall–Kier alpha value is -1.90. The molecule has 0 spiro atoms. The van der Waals surface area contributed by atoms with Gasteiger partial charge in [0.2, 0.25) is 0 Å². The standard InChI is InChI=1S/C16H15FN2OS/c1-11-8-19(9-16(20-11)12-5-6-21-10-12)15-4-2-3-14(17)13(15)7-18/h2-6,10-11,16H,8-9H2,1H3. The maximum atomic E-state index is 13.8. The lowest BCUT2D eigenvalue weighted by Crippen LogP contribution is -2.43. The first-order valence-electron chi connectivity index (χ1n) is 6.80. The Morgan fingerprint density at radius 3 is 2.95 bits per heavy atom. The number of nitriles is 1. The summed E-state index contributed by atoms with van der Waals surface area (Å²) in [6.45, 7) is 3.27. The molecule has 108 valence electrons. The average Bonchev–Trinajstić information content (AvgIpc) is 3.00. The lowest BCUT2D eigenvalue weighted by molar-refractivity contribution is -0.0171. The van der Waals surface area contributed by atoms with E-state index in [1.807, 2.05) is 29.3 Å². The minimum Gasteiger partial charge on any atom is -0.367 e. The van der Waals surface area contributed by atoms with E-state index in [1.54, 1.807) is 23.5 Å². The molecule has 2 heterocycles. The van der Waals surface area contributed by atoms with Crippen molar-refractivity contribution in [1.29, 1.82) is 5.26 Å². The monoisotopic (exact) mass is 302 g/mol. The van der Waals surface area contributed by atoms with Crippen LogP contribution in [0.4, 0.5) is 10.1 Å². The molecule has 2 unspecified atom stereocenters. The Morgan fingerprint density at radius 2 is 2.24 bits per heavy atom. The van der Waals surface area contributed by atoms with Crippen LogP contribution in [0, 0.1) is 17.1 Å². The van der Waals surface area contributed by atoms with Gasteiger partial charge in [-0.3, -0.25) is 0 Å². The van der Waals surface area contributed by atoms with Crippen LogP contribution in [0.3, 0.4) is 0 Å². The van der Waals surface area contributed by atoms with Crippen LogP contribution in [0.1, 0.15) is 24.2 Å². The molecule has 1 aromatic heterocycles. The highest BCUT2D eigenvalue weighted by Crippen LogP contribution is 2.31. The maximum Gasteiger partial charge on any atom is 0.143 e. The normalized spacial score (nSPS) is 22.0. The molecule has 0 saturated carbocycles. The summed E-state index contributed by atoms with van der Waals surface area (Å²) in [6, 6.07) is 8.78. The first-order valence-corrected chi connectivity index (χ1v) is 7.74. The number of benzene rings is 1. The van der Waals surface area contributed by atoms with E-state index >= 15 is 0 Å². The zero-order valence-electron chi connectivity index (χ0n) is 11.6. The van der Waals surface area contributed by atoms with Gasteiger partial charge in [-0.2, -0.15) is 16.6 Å². The molecule has 0 aliphatic carbocycles. The third kappa shape index (κ3) is 2.78. The molecule has 0 bridgehead atoms. The Morgan fingerprint density at radius 1 is 1.38 bits per heavy atom. The second-order valence-electron chi connectivity index (χ2n) is 5.14. The Labute approximate surface area is 127 Å². The van der Waals surface area contributed by atoms with E-state index in [0.29, 0.717) is 18.8 Å². The van der Waals surface area contributed by atoms with Gasteiger partial charge in [0, 0.05) is 13.1 Å². The van der Waals surface area contributed by atoms with Crippen molar-refractivity contribution in [1.82, 2.24) is 0 Å². The van der Waals surface area contributed by atoms with Crippen molar-refractivity contribution in [3.05, 3.63) is 52.0 Å². The number of ether oxygens (including phenoxy) is 1. The van der Waals surface area contributed by atoms with Crippen LogP contribution in [0.5, 0.6) is 0 Å². The second-order valence-corrected chi connectivity index (χ2v) is 5.92. The zero-order valence-corrected chi connectivity index (χ0v) is 12.4. The topological polar surface area (TPSA) is 36.3 Å². The molecule has 0 amide bonds. The summed E-state index contributed by atoms with van der Waals surface area (Å²) in [5, 5.41) is 13.3. The SMILES string of the molecule is CC1CN(c2cccc(F)c2C#N)CC(c2ccsc2)O1. The Bertz CT molecular complexity index is 665. The summed E-state index contributed by atoms with van der Waals surface area (Å²) in [5.41, 5.74) is 1.88. The molecule has 2 aromatic rings. The van der Waals surface area contributed by atoms with E-state index in [9.17, 15) is 9.65 Å². The molecular weight excluding hydrogens is 287 g/mol. The van der Waals surface area contributed by atoms with E-state index in [-0.39, 0.29) is 17.8 Å². The van der Waals surface area contributed by atoms with Crippen molar-refractivity contribution >= 4 is 17.0 Å². The molecule has 3 nitrogen and oxygen atoms in total. The fourth-order valence-corrected chi connectivity index (χ4v) is 3.38. The van der Waals surface area contributed by atoms with Gasteiger partial charge < -0.3 is 9.64 Å². The second kappa shape index (κ2) is 5.84. The lowest BCUT2D eigenvalue weighted by Gasteiger charge is -2.38. The summed E-state index contributed by atoms with van der Waals surface area (Å²) in [4.78, 5) is 2.04. The summed E-state index contributed by atoms with van der Waals surface area (Å²) < 4.78 is 19.8. The fourth-order valence-electron chi connectivity index (χ4n) is 2.68. The van der Waals surface area contributed by atoms with Gasteiger partial charge in [-0.1, -0.05) is 6.07 Å². The molecule has 1 saturated heterocycles. The lowest BCUT2D eigenvalue weighted by atomic mass is 10.1. The van der Waals surface area contributed by atoms with Gasteiger partial charge >= 0.3 is 0 Å². The van der Waals surface area contributed by atoms with Crippen molar-refractivity contribution in [2.24, 2.45) is 0 Å². The Balaban J connectivity index is 1.92. The summed E-state index contributed by atoms with van der Waals surface area (Å²) >= 11 is 1.63. The quantitative estimate of drug-likeness (QED) is 0.848. The molecule has 3 rings (SSSR count). The summed E-state index contributed by atoms with van der Waals surface area (Å²) in [5.74, 6) is -0.471. The van der Waals surface area contributed by atoms with Gasteiger partial charge in [0.1, 0.15) is 23.6 Å². The van der Waals surface area contributed by atoms with Gasteiger partial charge in [0.25, 0.3) is 0 Å². The third-order valence-corrected chi connectivity index (χ3v) is 4.32. The highest BCUT2D eigenvalue weighted by atomic mass is 32.1. The van der Waals surface area contributed by atoms with Gasteiger partial charge in [0.15, 0.2) is 0 Å². The molecule has 1 aliphatic heterocycles. The first-order chi connectivity index (χ1) is 10.2. The number of nitrogens with zero attached hydrogens (tertiary/aromatic N) is 2. The van der Waals surface area contributed by atoms with Gasteiger partial charge in [-0.25, -0.2) is 4.39 Å². The van der Waals surface area contributed by atoms with Crippen LogP contribution in [0.15, 0.2) is 35.0 Å². The number of morpholine rings is 1. The number of halogens is 1. The van der Waals surface area contributed by atoms with Crippen LogP contribution in [0.2, 0.25) is 0 Å². The molecule has 1 fully saturated rings. The van der Waals surface area contributed by atoms with E-state index in [4.69, 9.17) is 4.74 Å². The highest BCUT2D eigenvalue weighted by molar-refractivity contribution is 7.07. The minimum absolute atomic E-state index is 0.0264. The maximum absolute atomic E-state index is 13.8. The fraction of sp³-hybridized carbons (Fsp3) is 0.312. The van der Waals surface area contributed by atoms with Crippen LogP contribution in [-0.2, 0) is 4.74 Å². The van der Waals surface area contributed by atoms with E-state index < -0.39 is 5.82 Å². The molecule has 1 aromatic carbocycles. The van der Waals surface area contributed by atoms with Crippen molar-refractivity contribution in [2.45, 2.75) is 19.1 Å². The summed E-state index contributed by atoms with van der Waals surface area (Å²) in [6.07, 6.45) is -0.0201. The van der Waals surface area contributed by atoms with Crippen LogP contribution in [0.25, 0.3) is 0 Å². The van der Waals surface area contributed by atoms with Gasteiger partial charge in [0.05, 0.1) is 11.8 Å². The van der Waals surface area contributed by atoms with Gasteiger partial charge in [-0.05, 0) is 41.4 Å². The van der Waals surface area contributed by atoms with Crippen LogP contribution < -0.4 is 4.90 Å². The number of hydrogen-bond acceptors (Lipinski definition) is 4. The molecule has 0 radical (unpaired) electrons. The third-order valence-electron chi connectivity index (χ3n) is 3.62. The van der Waals surface area contributed by atoms with E-state index in [2.05, 4.69) is 5.38 Å². The first kappa shape index (κ1) is 14.1. The molecular formula is C16H15FN2OS. The number of hydrogen-bond donors (Lipinski definition) is 0. The Kier molecular flexibility index (Phi) is 3.91. The predicted molar refractivity (Wildman–Crippen MR) is 80.9 cm³/mol. The largest absolute Gasteiger partial charge is 0.367 e. The molecule has 5 heteroatoms. The molecule has 0 N–H and O–H groups in total. The van der Waals surface area contributed by atoms with E-state index in [0.717, 1.165) is 5.56 Å². The average molecular weight is 302 g/mol. The van der Waals surface area contributed by atoms with Crippen molar-refractivity contribution in [2.75, 3.05) is 18.0 Å². The minimum atomic E-state index is -0.471. The highest BCUT2D eigenvalue weighted by Gasteiger charge is 2.28. The van der Waals surface area contributed by atoms with Crippen molar-refractivity contribution < 1.29 is 9.13 Å². The van der Waals surface area contributed by atoms with Gasteiger partial charge in [-0.15, -0.1) is 0 Å². The molecule has 2 atom stereocenters. The van der Waals surface area contributed by atoms with E-state index in [1.165, 1.54) is 6.07 Å². The molecule has 1 aliphatic rings. The zero-order chi connectivity index (χ0) is 14.8. The number of rotatable bonds is 2. The van der Waals surface area contributed by atoms with Crippen molar-refractivity contribution in [3.63, 3.8) is 0 Å². The summed E-state index contributed by atoms with van der Waals surface area (Å²) in [7, 11) is 0.